The fourth-order valence-corrected chi connectivity index (χ4v) is 9.56. The molecule has 0 amide bonds. The second-order valence-corrected chi connectivity index (χ2v) is 14.4. The average Bonchev–Trinajstić information content (AvgIpc) is 3.13. The highest BCUT2D eigenvalue weighted by molar-refractivity contribution is 7.95. The summed E-state index contributed by atoms with van der Waals surface area (Å²) in [7, 11) is -1.86. The number of carbonyl (C=O) groups is 4. The van der Waals surface area contributed by atoms with Gasteiger partial charge in [0, 0.05) is 0 Å². The van der Waals surface area contributed by atoms with Crippen LogP contribution in [0.25, 0.3) is 0 Å². The third-order valence-corrected chi connectivity index (χ3v) is 12.0. The second-order valence-electron chi connectivity index (χ2n) is 10.9. The van der Waals surface area contributed by atoms with Gasteiger partial charge in [0.05, 0.1) is 29.4 Å². The van der Waals surface area contributed by atoms with Crippen LogP contribution in [0.5, 0.6) is 0 Å². The number of hydrogen-bond acceptors (Lipinski definition) is 8. The molecule has 5 rings (SSSR count). The van der Waals surface area contributed by atoms with E-state index in [1.165, 1.54) is 64.4 Å². The van der Waals surface area contributed by atoms with Crippen molar-refractivity contribution in [2.45, 2.75) is 25.2 Å². The predicted molar refractivity (Wildman–Crippen MR) is 186 cm³/mol. The van der Waals surface area contributed by atoms with E-state index in [1.54, 1.807) is 12.1 Å². The maximum absolute atomic E-state index is 12.0. The molecule has 250 valence electrons. The molecule has 0 aliphatic carbocycles. The highest BCUT2D eigenvalue weighted by Crippen LogP contribution is 2.55. The molecular weight excluding hydrogens is 643 g/mol. The van der Waals surface area contributed by atoms with Crippen molar-refractivity contribution in [1.29, 1.82) is 0 Å². The maximum Gasteiger partial charge on any atom is 0.349 e. The van der Waals surface area contributed by atoms with Crippen molar-refractivity contribution in [3.05, 3.63) is 163 Å². The zero-order chi connectivity index (χ0) is 35.2. The zero-order valence-electron chi connectivity index (χ0n) is 26.6. The minimum absolute atomic E-state index is 0.00252. The third kappa shape index (κ3) is 9.47. The fraction of sp³-hybridized carbons (Fsp3) is 0.128. The summed E-state index contributed by atoms with van der Waals surface area (Å²) >= 11 is 0. The van der Waals surface area contributed by atoms with Gasteiger partial charge in [-0.05, 0) is 67.6 Å². The number of rotatable bonds is 12. The zero-order valence-corrected chi connectivity index (χ0v) is 27.5. The molecule has 49 heavy (non-hydrogen) atoms. The lowest BCUT2D eigenvalue weighted by atomic mass is 10.1. The molecule has 9 nitrogen and oxygen atoms in total. The smallest absolute Gasteiger partial charge is 0.349 e. The number of aliphatic hydroxyl groups is 1. The molecule has 5 aromatic rings. The van der Waals surface area contributed by atoms with Gasteiger partial charge in [-0.2, -0.15) is 0 Å². The Labute approximate surface area is 284 Å². The minimum Gasteiger partial charge on any atom is -0.546 e. The van der Waals surface area contributed by atoms with Gasteiger partial charge in [-0.25, -0.2) is 14.4 Å². The lowest BCUT2D eigenvalue weighted by Crippen LogP contribution is -2.51. The van der Waals surface area contributed by atoms with Gasteiger partial charge in [0.15, 0.2) is 6.10 Å². The lowest BCUT2D eigenvalue weighted by Gasteiger charge is -2.28. The summed E-state index contributed by atoms with van der Waals surface area (Å²) in [5.74, 6) is -5.99. The quantitative estimate of drug-likeness (QED) is 0.149. The molecule has 0 aliphatic heterocycles. The Balaban J connectivity index is 0.000000222. The first-order chi connectivity index (χ1) is 23.6. The summed E-state index contributed by atoms with van der Waals surface area (Å²) in [5, 5.41) is 34.8. The first-order valence-corrected chi connectivity index (χ1v) is 17.3. The predicted octanol–water partition coefficient (Wildman–Crippen LogP) is 3.63. The van der Waals surface area contributed by atoms with Gasteiger partial charge < -0.3 is 29.6 Å². The molecule has 10 heteroatoms. The normalized spacial score (nSPS) is 12.6. The van der Waals surface area contributed by atoms with E-state index in [4.69, 9.17) is 9.47 Å². The molecule has 0 saturated carbocycles. The van der Waals surface area contributed by atoms with E-state index in [0.717, 1.165) is 6.16 Å². The molecular formula is C39H35O9P. The number of aliphatic carboxylic acids is 2. The van der Waals surface area contributed by atoms with Crippen molar-refractivity contribution in [2.75, 3.05) is 6.16 Å². The lowest BCUT2D eigenvalue weighted by molar-refractivity contribution is -0.317. The van der Waals surface area contributed by atoms with Crippen molar-refractivity contribution < 1.29 is 44.0 Å². The van der Waals surface area contributed by atoms with Crippen LogP contribution >= 0.6 is 7.26 Å². The number of carboxylic acids is 2. The SMILES string of the molecule is CC(O)C[P+](c1ccccc1)(c1ccccc1)c1ccccc1.O=C(O[C@H](C(=O)[O-])[C@H](OC(=O)c1ccccc1)C(=O)O)c1ccccc1. The highest BCUT2D eigenvalue weighted by atomic mass is 31.2. The topological polar surface area (TPSA) is 150 Å². The fourth-order valence-electron chi connectivity index (χ4n) is 5.20. The molecule has 0 fully saturated rings. The monoisotopic (exact) mass is 678 g/mol. The van der Waals surface area contributed by atoms with Gasteiger partial charge >= 0.3 is 17.9 Å². The van der Waals surface area contributed by atoms with Crippen molar-refractivity contribution in [3.63, 3.8) is 0 Å². The highest BCUT2D eigenvalue weighted by Gasteiger charge is 2.46. The van der Waals surface area contributed by atoms with Crippen LogP contribution in [0.2, 0.25) is 0 Å². The van der Waals surface area contributed by atoms with Crippen LogP contribution in [0, 0.1) is 0 Å². The number of aliphatic hydroxyl groups excluding tert-OH is 1. The third-order valence-electron chi connectivity index (χ3n) is 7.37. The standard InChI is InChI=1S/C21H22OP.C18H14O8/c1-18(22)17-23(19-11-5-2-6-12-19,20-13-7-3-8-14-20)21-15-9-4-10-16-21;19-15(20)13(25-17(23)11-7-3-1-4-8-11)14(16(21)22)26-18(24)12-9-5-2-6-10-12/h2-16,18,22H,17H2,1H3;1-10,13-14H,(H,19,20)(H,21,22)/q+1;/p-1/t;13-,14-/m.0/s1. The molecule has 0 bridgehead atoms. The molecule has 0 aliphatic rings. The summed E-state index contributed by atoms with van der Waals surface area (Å²) in [6.45, 7) is 1.89. The Morgan fingerprint density at radius 2 is 0.878 bits per heavy atom. The van der Waals surface area contributed by atoms with E-state index in [2.05, 4.69) is 91.0 Å². The van der Waals surface area contributed by atoms with Gasteiger partial charge in [0.1, 0.15) is 23.2 Å². The number of esters is 2. The molecule has 1 unspecified atom stereocenters. The van der Waals surface area contributed by atoms with Gasteiger partial charge in [-0.1, -0.05) is 91.0 Å². The first-order valence-electron chi connectivity index (χ1n) is 15.3. The number of carboxylic acid groups (broad SMARTS) is 2. The number of hydrogen-bond donors (Lipinski definition) is 2. The van der Waals surface area contributed by atoms with Crippen molar-refractivity contribution in [3.8, 4) is 0 Å². The average molecular weight is 679 g/mol. The Kier molecular flexibility index (Phi) is 12.9. The molecule has 3 atom stereocenters. The second kappa shape index (κ2) is 17.5. The largest absolute Gasteiger partial charge is 0.546 e. The van der Waals surface area contributed by atoms with E-state index < -0.39 is 43.3 Å². The Morgan fingerprint density at radius 1 is 0.571 bits per heavy atom. The van der Waals surface area contributed by atoms with Gasteiger partial charge in [0.2, 0.25) is 6.10 Å². The van der Waals surface area contributed by atoms with E-state index in [0.29, 0.717) is 0 Å². The summed E-state index contributed by atoms with van der Waals surface area (Å²) in [6.07, 6.45) is -4.21. The summed E-state index contributed by atoms with van der Waals surface area (Å²) in [6, 6.07) is 46.6. The minimum atomic E-state index is -2.33. The van der Waals surface area contributed by atoms with Crippen LogP contribution in [-0.4, -0.2) is 58.6 Å². The number of benzene rings is 5. The molecule has 0 saturated heterocycles. The van der Waals surface area contributed by atoms with Crippen LogP contribution in [-0.2, 0) is 19.1 Å². The van der Waals surface area contributed by atoms with Gasteiger partial charge in [-0.15, -0.1) is 0 Å². The van der Waals surface area contributed by atoms with Crippen LogP contribution < -0.4 is 21.0 Å². The van der Waals surface area contributed by atoms with Crippen LogP contribution in [0.3, 0.4) is 0 Å². The first kappa shape index (κ1) is 36.2. The maximum atomic E-state index is 12.0. The summed E-state index contributed by atoms with van der Waals surface area (Å²) in [5.41, 5.74) is 0.00232. The van der Waals surface area contributed by atoms with E-state index in [9.17, 15) is 34.5 Å². The van der Waals surface area contributed by atoms with Crippen LogP contribution in [0.15, 0.2) is 152 Å². The number of ether oxygens (including phenoxy) is 2. The molecule has 0 aromatic heterocycles. The molecule has 2 N–H and O–H groups in total. The van der Waals surface area contributed by atoms with E-state index >= 15 is 0 Å². The number of carbonyl (C=O) groups excluding carboxylic acids is 3. The molecule has 0 radical (unpaired) electrons. The Hall–Kier alpha value is -5.63. The molecule has 0 spiro atoms. The van der Waals surface area contributed by atoms with Crippen molar-refractivity contribution >= 4 is 47.1 Å². The van der Waals surface area contributed by atoms with Crippen molar-refractivity contribution in [1.82, 2.24) is 0 Å². The van der Waals surface area contributed by atoms with Gasteiger partial charge in [0.25, 0.3) is 0 Å². The molecule has 0 heterocycles. The summed E-state index contributed by atoms with van der Waals surface area (Å²) in [4.78, 5) is 46.7. The summed E-state index contributed by atoms with van der Waals surface area (Å²) < 4.78 is 9.42. The van der Waals surface area contributed by atoms with Crippen LogP contribution in [0.1, 0.15) is 27.6 Å². The van der Waals surface area contributed by atoms with Gasteiger partial charge in [-0.3, -0.25) is 0 Å². The van der Waals surface area contributed by atoms with E-state index in [1.807, 2.05) is 6.92 Å². The Bertz CT molecular complexity index is 1630. The Morgan fingerprint density at radius 3 is 1.16 bits per heavy atom. The van der Waals surface area contributed by atoms with Crippen LogP contribution in [0.4, 0.5) is 0 Å². The molecule has 5 aromatic carbocycles. The van der Waals surface area contributed by atoms with E-state index in [-0.39, 0.29) is 17.2 Å². The van der Waals surface area contributed by atoms with Crippen molar-refractivity contribution in [2.24, 2.45) is 0 Å².